The number of fused-ring (bicyclic) bond motifs is 1. The van der Waals surface area contributed by atoms with Gasteiger partial charge in [-0.1, -0.05) is 12.1 Å². The molecule has 0 radical (unpaired) electrons. The first-order valence-corrected chi connectivity index (χ1v) is 7.94. The molecule has 25 heavy (non-hydrogen) atoms. The number of benzene rings is 1. The van der Waals surface area contributed by atoms with Gasteiger partial charge in [-0.3, -0.25) is 9.59 Å². The lowest BCUT2D eigenvalue weighted by Crippen LogP contribution is -2.41. The third kappa shape index (κ3) is 2.96. The van der Waals surface area contributed by atoms with Gasteiger partial charge >= 0.3 is 0 Å². The number of para-hydroxylation sites is 2. The van der Waals surface area contributed by atoms with Gasteiger partial charge in [-0.2, -0.15) is 0 Å². The van der Waals surface area contributed by atoms with Crippen LogP contribution in [-0.2, 0) is 6.54 Å². The van der Waals surface area contributed by atoms with Crippen LogP contribution in [-0.4, -0.2) is 19.3 Å². The van der Waals surface area contributed by atoms with Gasteiger partial charge in [0.2, 0.25) is 0 Å². The molecular weight excluding hydrogens is 324 g/mol. The Bertz CT molecular complexity index is 941. The number of hydrogen-bond acceptors (Lipinski definition) is 7. The van der Waals surface area contributed by atoms with Gasteiger partial charge in [-0.05, 0) is 24.3 Å². The Hall–Kier alpha value is -3.22. The van der Waals surface area contributed by atoms with Crippen LogP contribution in [0.5, 0.6) is 11.5 Å². The quantitative estimate of drug-likeness (QED) is 0.661. The van der Waals surface area contributed by atoms with E-state index in [4.69, 9.17) is 13.9 Å². The van der Waals surface area contributed by atoms with Gasteiger partial charge in [0.05, 0.1) is 19.4 Å². The average molecular weight is 340 g/mol. The summed E-state index contributed by atoms with van der Waals surface area (Å²) in [5, 5.41) is 5.93. The molecule has 0 bridgehead atoms. The van der Waals surface area contributed by atoms with Gasteiger partial charge in [0.1, 0.15) is 29.8 Å². The molecule has 1 aliphatic rings. The van der Waals surface area contributed by atoms with Crippen LogP contribution in [0, 0.1) is 0 Å². The van der Waals surface area contributed by atoms with Crippen molar-refractivity contribution in [2.75, 3.05) is 23.8 Å². The van der Waals surface area contributed by atoms with E-state index < -0.39 is 10.9 Å². The second-order valence-electron chi connectivity index (χ2n) is 5.72. The summed E-state index contributed by atoms with van der Waals surface area (Å²) in [7, 11) is 0. The number of rotatable bonds is 6. The maximum Gasteiger partial charge on any atom is 0.253 e. The summed E-state index contributed by atoms with van der Waals surface area (Å²) in [4.78, 5) is 23.5. The minimum absolute atomic E-state index is 0.253. The molecule has 0 fully saturated rings. The first-order valence-electron chi connectivity index (χ1n) is 7.94. The fourth-order valence-corrected chi connectivity index (χ4v) is 2.70. The van der Waals surface area contributed by atoms with E-state index in [1.165, 1.54) is 0 Å². The van der Waals surface area contributed by atoms with Crippen LogP contribution in [0.3, 0.4) is 0 Å². The lowest BCUT2D eigenvalue weighted by molar-refractivity contribution is 0.0997. The van der Waals surface area contributed by atoms with Crippen molar-refractivity contribution < 1.29 is 13.9 Å². The van der Waals surface area contributed by atoms with Crippen LogP contribution in [0.2, 0.25) is 0 Å². The summed E-state index contributed by atoms with van der Waals surface area (Å²) in [5.41, 5.74) is -0.503. The third-order valence-electron chi connectivity index (χ3n) is 4.00. The van der Waals surface area contributed by atoms with Crippen molar-refractivity contribution in [3.05, 3.63) is 68.9 Å². The lowest BCUT2D eigenvalue weighted by Gasteiger charge is -2.27. The number of nitrogens with one attached hydrogen (secondary N) is 2. The fourth-order valence-electron chi connectivity index (χ4n) is 2.70. The topological polar surface area (TPSA) is 89.8 Å². The third-order valence-corrected chi connectivity index (χ3v) is 4.00. The Kier molecular flexibility index (Phi) is 3.89. The molecule has 0 saturated heterocycles. The predicted molar refractivity (Wildman–Crippen MR) is 92.2 cm³/mol. The smallest absolute Gasteiger partial charge is 0.253 e. The van der Waals surface area contributed by atoms with Crippen LogP contribution >= 0.6 is 0 Å². The molecule has 7 nitrogen and oxygen atoms in total. The van der Waals surface area contributed by atoms with Gasteiger partial charge in [-0.15, -0.1) is 0 Å². The molecule has 0 amide bonds. The second-order valence-corrected chi connectivity index (χ2v) is 5.72. The zero-order chi connectivity index (χ0) is 17.2. The van der Waals surface area contributed by atoms with E-state index in [9.17, 15) is 9.59 Å². The van der Waals surface area contributed by atoms with E-state index in [1.807, 2.05) is 24.3 Å². The van der Waals surface area contributed by atoms with Crippen molar-refractivity contribution in [2.45, 2.75) is 12.6 Å². The molecule has 2 N–H and O–H groups in total. The summed E-state index contributed by atoms with van der Waals surface area (Å²) >= 11 is 0. The highest BCUT2D eigenvalue weighted by molar-refractivity contribution is 5.73. The molecule has 128 valence electrons. The summed E-state index contributed by atoms with van der Waals surface area (Å²) in [5.74, 6) is 2.05. The van der Waals surface area contributed by atoms with Crippen LogP contribution in [0.4, 0.5) is 11.4 Å². The van der Waals surface area contributed by atoms with E-state index in [0.717, 1.165) is 0 Å². The Morgan fingerprint density at radius 1 is 0.960 bits per heavy atom. The molecule has 0 spiro atoms. The van der Waals surface area contributed by atoms with E-state index in [2.05, 4.69) is 10.6 Å². The first kappa shape index (κ1) is 15.3. The molecule has 7 heteroatoms. The standard InChI is InChI=1S/C18H16N2O5/c21-17-15(19-8-11-4-3-7-23-11)16(18(17)22)20-9-12-10-24-13-5-1-2-6-14(13)25-12/h1-7,12,19-20H,8-10H2/t12-/m1/s1. The Morgan fingerprint density at radius 3 is 2.48 bits per heavy atom. The van der Waals surface area contributed by atoms with Crippen molar-refractivity contribution in [2.24, 2.45) is 0 Å². The number of ether oxygens (including phenoxy) is 2. The highest BCUT2D eigenvalue weighted by Crippen LogP contribution is 2.31. The number of anilines is 2. The Labute approximate surface area is 142 Å². The van der Waals surface area contributed by atoms with Crippen LogP contribution in [0.25, 0.3) is 0 Å². The zero-order valence-electron chi connectivity index (χ0n) is 13.3. The van der Waals surface area contributed by atoms with Gasteiger partial charge < -0.3 is 24.5 Å². The monoisotopic (exact) mass is 340 g/mol. The lowest BCUT2D eigenvalue weighted by atomic mass is 10.1. The van der Waals surface area contributed by atoms with Crippen molar-refractivity contribution >= 4 is 11.4 Å². The summed E-state index contributed by atoms with van der Waals surface area (Å²) in [6, 6.07) is 11.0. The molecule has 0 aliphatic carbocycles. The second kappa shape index (κ2) is 6.35. The highest BCUT2D eigenvalue weighted by Gasteiger charge is 2.24. The fraction of sp³-hybridized carbons (Fsp3) is 0.222. The normalized spacial score (nSPS) is 15.9. The molecule has 1 atom stereocenters. The molecule has 2 heterocycles. The Balaban J connectivity index is 1.38. The molecule has 3 aromatic rings. The Morgan fingerprint density at radius 2 is 1.72 bits per heavy atom. The summed E-state index contributed by atoms with van der Waals surface area (Å²) < 4.78 is 16.7. The van der Waals surface area contributed by atoms with Crippen LogP contribution in [0.1, 0.15) is 5.76 Å². The van der Waals surface area contributed by atoms with E-state index >= 15 is 0 Å². The molecule has 2 aromatic carbocycles. The van der Waals surface area contributed by atoms with E-state index in [0.29, 0.717) is 37.0 Å². The van der Waals surface area contributed by atoms with Gasteiger partial charge in [0.25, 0.3) is 10.9 Å². The van der Waals surface area contributed by atoms with E-state index in [-0.39, 0.29) is 17.5 Å². The van der Waals surface area contributed by atoms with Gasteiger partial charge in [-0.25, -0.2) is 0 Å². The summed E-state index contributed by atoms with van der Waals surface area (Å²) in [6.07, 6.45) is 1.30. The van der Waals surface area contributed by atoms with Crippen LogP contribution < -0.4 is 31.0 Å². The maximum atomic E-state index is 11.8. The molecule has 1 aliphatic heterocycles. The molecular formula is C18H16N2O5. The SMILES string of the molecule is O=c1c(NCc2ccco2)c(NC[C@@H]2COc3ccccc3O2)c1=O. The highest BCUT2D eigenvalue weighted by atomic mass is 16.6. The maximum absolute atomic E-state index is 11.8. The minimum Gasteiger partial charge on any atom is -0.486 e. The molecule has 0 saturated carbocycles. The van der Waals surface area contributed by atoms with Crippen molar-refractivity contribution in [1.82, 2.24) is 0 Å². The van der Waals surface area contributed by atoms with Gasteiger partial charge in [0, 0.05) is 0 Å². The van der Waals surface area contributed by atoms with Crippen molar-refractivity contribution in [1.29, 1.82) is 0 Å². The molecule has 4 rings (SSSR count). The number of furan rings is 1. The first-order chi connectivity index (χ1) is 12.2. The zero-order valence-corrected chi connectivity index (χ0v) is 13.3. The number of hydrogen-bond donors (Lipinski definition) is 2. The van der Waals surface area contributed by atoms with Crippen molar-refractivity contribution in [3.63, 3.8) is 0 Å². The van der Waals surface area contributed by atoms with Gasteiger partial charge in [0.15, 0.2) is 11.5 Å². The average Bonchev–Trinajstić information content (AvgIpc) is 3.17. The van der Waals surface area contributed by atoms with E-state index in [1.54, 1.807) is 18.4 Å². The summed E-state index contributed by atoms with van der Waals surface area (Å²) in [6.45, 7) is 1.06. The van der Waals surface area contributed by atoms with Crippen molar-refractivity contribution in [3.8, 4) is 11.5 Å². The molecule has 1 aromatic heterocycles. The predicted octanol–water partition coefficient (Wildman–Crippen LogP) is 1.74. The minimum atomic E-state index is -0.529. The largest absolute Gasteiger partial charge is 0.486 e. The van der Waals surface area contributed by atoms with Crippen LogP contribution in [0.15, 0.2) is 56.7 Å². The molecule has 0 unspecified atom stereocenters.